The normalized spacial score (nSPS) is 23.4. The lowest BCUT2D eigenvalue weighted by Crippen LogP contribution is -2.31. The van der Waals surface area contributed by atoms with Crippen molar-refractivity contribution in [1.82, 2.24) is 19.6 Å². The zero-order valence-electron chi connectivity index (χ0n) is 14.9. The second-order valence-corrected chi connectivity index (χ2v) is 7.81. The van der Waals surface area contributed by atoms with Crippen LogP contribution in [0.2, 0.25) is 0 Å². The fourth-order valence-corrected chi connectivity index (χ4v) is 4.20. The van der Waals surface area contributed by atoms with Gasteiger partial charge in [-0.1, -0.05) is 5.16 Å². The average molecular weight is 340 g/mol. The first-order valence-electron chi connectivity index (χ1n) is 9.46. The molecular weight excluding hydrogens is 316 g/mol. The first-order valence-corrected chi connectivity index (χ1v) is 9.46. The molecular formula is C19H24N4O2. The standard InChI is InChI=1S/C19H24N4O2/c1-11-10-15(12(2)23(11)14-7-8-14)19(24)22-9-3-4-16(22)17-20-18(25-21-17)13-5-6-13/h10,13-14,16H,3-9H2,1-2H3. The van der Waals surface area contributed by atoms with Gasteiger partial charge < -0.3 is 14.0 Å². The number of nitrogens with zero attached hydrogens (tertiary/aromatic N) is 4. The molecule has 1 unspecified atom stereocenters. The molecule has 2 aromatic rings. The number of likely N-dealkylation sites (tertiary alicyclic amines) is 1. The fraction of sp³-hybridized carbons (Fsp3) is 0.632. The second-order valence-electron chi connectivity index (χ2n) is 7.81. The quantitative estimate of drug-likeness (QED) is 0.852. The van der Waals surface area contributed by atoms with Crippen LogP contribution in [0.5, 0.6) is 0 Å². The van der Waals surface area contributed by atoms with E-state index >= 15 is 0 Å². The maximum absolute atomic E-state index is 13.2. The van der Waals surface area contributed by atoms with Crippen molar-refractivity contribution in [3.8, 4) is 0 Å². The first kappa shape index (κ1) is 15.2. The van der Waals surface area contributed by atoms with Gasteiger partial charge in [-0.2, -0.15) is 4.98 Å². The van der Waals surface area contributed by atoms with Crippen molar-refractivity contribution in [2.24, 2.45) is 0 Å². The summed E-state index contributed by atoms with van der Waals surface area (Å²) in [6, 6.07) is 2.60. The molecule has 5 rings (SSSR count). The maximum Gasteiger partial charge on any atom is 0.256 e. The molecule has 25 heavy (non-hydrogen) atoms. The van der Waals surface area contributed by atoms with Crippen LogP contribution in [0.4, 0.5) is 0 Å². The zero-order chi connectivity index (χ0) is 17.1. The topological polar surface area (TPSA) is 64.2 Å². The Balaban J connectivity index is 1.43. The molecule has 2 aromatic heterocycles. The Morgan fingerprint density at radius 3 is 2.72 bits per heavy atom. The number of rotatable bonds is 4. The lowest BCUT2D eigenvalue weighted by atomic mass is 10.1. The summed E-state index contributed by atoms with van der Waals surface area (Å²) in [7, 11) is 0. The Bertz CT molecular complexity index is 829. The molecule has 2 aliphatic carbocycles. The highest BCUT2D eigenvalue weighted by molar-refractivity contribution is 5.96. The van der Waals surface area contributed by atoms with Crippen LogP contribution in [0, 0.1) is 13.8 Å². The zero-order valence-corrected chi connectivity index (χ0v) is 14.9. The Kier molecular flexibility index (Phi) is 3.30. The van der Waals surface area contributed by atoms with Gasteiger partial charge in [0, 0.05) is 29.9 Å². The minimum absolute atomic E-state index is 0.0484. The number of hydrogen-bond acceptors (Lipinski definition) is 4. The number of hydrogen-bond donors (Lipinski definition) is 0. The van der Waals surface area contributed by atoms with Crippen LogP contribution in [0.15, 0.2) is 10.6 Å². The van der Waals surface area contributed by atoms with Gasteiger partial charge in [-0.25, -0.2) is 0 Å². The summed E-state index contributed by atoms with van der Waals surface area (Å²) in [6.07, 6.45) is 6.64. The van der Waals surface area contributed by atoms with Crippen LogP contribution >= 0.6 is 0 Å². The molecule has 3 aliphatic rings. The highest BCUT2D eigenvalue weighted by Gasteiger charge is 2.38. The third-order valence-corrected chi connectivity index (χ3v) is 5.82. The van der Waals surface area contributed by atoms with Crippen LogP contribution in [0.25, 0.3) is 0 Å². The van der Waals surface area contributed by atoms with E-state index in [1.54, 1.807) is 0 Å². The van der Waals surface area contributed by atoms with Gasteiger partial charge in [0.1, 0.15) is 0 Å². The van der Waals surface area contributed by atoms with Crippen LogP contribution in [-0.2, 0) is 0 Å². The summed E-state index contributed by atoms with van der Waals surface area (Å²) in [5.41, 5.74) is 3.12. The molecule has 132 valence electrons. The van der Waals surface area contributed by atoms with Crippen LogP contribution in [0.3, 0.4) is 0 Å². The van der Waals surface area contributed by atoms with Gasteiger partial charge in [-0.15, -0.1) is 0 Å². The van der Waals surface area contributed by atoms with Gasteiger partial charge in [0.05, 0.1) is 11.6 Å². The van der Waals surface area contributed by atoms with E-state index in [1.165, 1.54) is 18.5 Å². The van der Waals surface area contributed by atoms with E-state index in [2.05, 4.69) is 34.6 Å². The van der Waals surface area contributed by atoms with Crippen molar-refractivity contribution in [2.45, 2.75) is 70.4 Å². The van der Waals surface area contributed by atoms with E-state index in [4.69, 9.17) is 4.52 Å². The molecule has 1 atom stereocenters. The SMILES string of the molecule is Cc1cc(C(=O)N2CCCC2c2noc(C3CC3)n2)c(C)n1C1CC1. The van der Waals surface area contributed by atoms with E-state index in [0.29, 0.717) is 17.8 Å². The molecule has 3 heterocycles. The van der Waals surface area contributed by atoms with Crippen LogP contribution in [-0.4, -0.2) is 32.1 Å². The van der Waals surface area contributed by atoms with Crippen molar-refractivity contribution in [1.29, 1.82) is 0 Å². The Morgan fingerprint density at radius 1 is 1.20 bits per heavy atom. The molecule has 0 aromatic carbocycles. The van der Waals surface area contributed by atoms with Crippen molar-refractivity contribution < 1.29 is 9.32 Å². The lowest BCUT2D eigenvalue weighted by Gasteiger charge is -2.22. The van der Waals surface area contributed by atoms with Gasteiger partial charge in [0.25, 0.3) is 5.91 Å². The Labute approximate surface area is 147 Å². The summed E-state index contributed by atoms with van der Waals surface area (Å²) in [5.74, 6) is 1.99. The third kappa shape index (κ3) is 2.50. The van der Waals surface area contributed by atoms with Gasteiger partial charge in [-0.05, 0) is 58.4 Å². The number of aromatic nitrogens is 3. The van der Waals surface area contributed by atoms with Crippen LogP contribution in [0.1, 0.15) is 90.0 Å². The molecule has 0 radical (unpaired) electrons. The minimum Gasteiger partial charge on any atom is -0.345 e. The second kappa shape index (κ2) is 5.44. The summed E-state index contributed by atoms with van der Waals surface area (Å²) in [5, 5.41) is 4.18. The predicted octanol–water partition coefficient (Wildman–Crippen LogP) is 3.68. The van der Waals surface area contributed by atoms with E-state index in [-0.39, 0.29) is 11.9 Å². The largest absolute Gasteiger partial charge is 0.345 e. The molecule has 1 aliphatic heterocycles. The van der Waals surface area contributed by atoms with E-state index in [0.717, 1.165) is 49.4 Å². The minimum atomic E-state index is -0.0484. The van der Waals surface area contributed by atoms with Gasteiger partial charge >= 0.3 is 0 Å². The maximum atomic E-state index is 13.2. The van der Waals surface area contributed by atoms with Gasteiger partial charge in [0.15, 0.2) is 5.82 Å². The first-order chi connectivity index (χ1) is 12.1. The molecule has 1 saturated heterocycles. The monoisotopic (exact) mass is 340 g/mol. The number of carbonyl (C=O) groups is 1. The predicted molar refractivity (Wildman–Crippen MR) is 91.5 cm³/mol. The summed E-state index contributed by atoms with van der Waals surface area (Å²) < 4.78 is 7.75. The van der Waals surface area contributed by atoms with E-state index < -0.39 is 0 Å². The number of carbonyl (C=O) groups excluding carboxylic acids is 1. The molecule has 0 bridgehead atoms. The number of aryl methyl sites for hydroxylation is 1. The molecule has 0 N–H and O–H groups in total. The van der Waals surface area contributed by atoms with Gasteiger partial charge in [0.2, 0.25) is 5.89 Å². The molecule has 6 heteroatoms. The third-order valence-electron chi connectivity index (χ3n) is 5.82. The molecule has 1 amide bonds. The van der Waals surface area contributed by atoms with E-state index in [9.17, 15) is 4.79 Å². The molecule has 0 spiro atoms. The van der Waals surface area contributed by atoms with Crippen molar-refractivity contribution in [2.75, 3.05) is 6.54 Å². The highest BCUT2D eigenvalue weighted by atomic mass is 16.5. The molecule has 3 fully saturated rings. The summed E-state index contributed by atoms with van der Waals surface area (Å²) >= 11 is 0. The highest BCUT2D eigenvalue weighted by Crippen LogP contribution is 2.41. The van der Waals surface area contributed by atoms with Crippen molar-refractivity contribution in [3.63, 3.8) is 0 Å². The summed E-state index contributed by atoms with van der Waals surface area (Å²) in [6.45, 7) is 4.94. The Morgan fingerprint density at radius 2 is 2.00 bits per heavy atom. The molecule has 2 saturated carbocycles. The average Bonchev–Trinajstić information content (AvgIpc) is 3.49. The lowest BCUT2D eigenvalue weighted by molar-refractivity contribution is 0.0727. The van der Waals surface area contributed by atoms with E-state index in [1.807, 2.05) is 4.90 Å². The smallest absolute Gasteiger partial charge is 0.256 e. The van der Waals surface area contributed by atoms with Gasteiger partial charge in [-0.3, -0.25) is 4.79 Å². The fourth-order valence-electron chi connectivity index (χ4n) is 4.20. The molecule has 6 nitrogen and oxygen atoms in total. The van der Waals surface area contributed by atoms with Crippen molar-refractivity contribution >= 4 is 5.91 Å². The number of amides is 1. The Hall–Kier alpha value is -2.11. The van der Waals surface area contributed by atoms with Crippen LogP contribution < -0.4 is 0 Å². The summed E-state index contributed by atoms with van der Waals surface area (Å²) in [4.78, 5) is 19.8. The van der Waals surface area contributed by atoms with Crippen molar-refractivity contribution in [3.05, 3.63) is 34.7 Å².